The number of rotatable bonds is 9. The van der Waals surface area contributed by atoms with Crippen LogP contribution in [0.25, 0.3) is 33.4 Å². The van der Waals surface area contributed by atoms with Gasteiger partial charge in [-0.05, 0) is 0 Å². The average Bonchev–Trinajstić information content (AvgIpc) is 3.74. The molecule has 0 heterocycles. The molecule has 0 nitrogen and oxygen atoms in total. The Morgan fingerprint density at radius 1 is 0.597 bits per heavy atom. The summed E-state index contributed by atoms with van der Waals surface area (Å²) in [7, 11) is 0. The molecule has 318 valence electrons. The molecule has 0 aliphatic heterocycles. The van der Waals surface area contributed by atoms with E-state index in [9.17, 15) is 0 Å². The van der Waals surface area contributed by atoms with E-state index in [0.717, 1.165) is 16.5 Å². The Labute approximate surface area is 401 Å². The van der Waals surface area contributed by atoms with Gasteiger partial charge in [0.2, 0.25) is 0 Å². The predicted molar refractivity (Wildman–Crippen MR) is 258 cm³/mol. The molecular formula is C57H58Cl4Zr. The van der Waals surface area contributed by atoms with Crippen molar-refractivity contribution in [1.82, 2.24) is 0 Å². The molecule has 5 heteroatoms. The molecule has 0 saturated carbocycles. The van der Waals surface area contributed by atoms with Crippen LogP contribution < -0.4 is 24.8 Å². The second-order valence-corrected chi connectivity index (χ2v) is 25.6. The number of hydrogen-bond donors (Lipinski definition) is 0. The van der Waals surface area contributed by atoms with Gasteiger partial charge in [-0.15, -0.1) is 0 Å². The smallest absolute Gasteiger partial charge is 1.00 e. The van der Waals surface area contributed by atoms with E-state index in [1.165, 1.54) is 111 Å². The maximum atomic E-state index is 6.99. The summed E-state index contributed by atoms with van der Waals surface area (Å²) in [6.07, 6.45) is 8.85. The monoisotopic (exact) mass is 972 g/mol. The van der Waals surface area contributed by atoms with Crippen molar-refractivity contribution in [2.24, 2.45) is 11.3 Å². The van der Waals surface area contributed by atoms with E-state index in [4.69, 9.17) is 23.2 Å². The van der Waals surface area contributed by atoms with Crippen molar-refractivity contribution in [2.45, 2.75) is 92.1 Å². The van der Waals surface area contributed by atoms with Crippen LogP contribution in [0, 0.1) is 52.9 Å². The zero-order chi connectivity index (χ0) is 42.6. The van der Waals surface area contributed by atoms with Gasteiger partial charge in [0.25, 0.3) is 0 Å². The maximum absolute atomic E-state index is 6.99. The number of benzene rings is 6. The minimum Gasteiger partial charge on any atom is -1.00 e. The van der Waals surface area contributed by atoms with Crippen LogP contribution in [0.1, 0.15) is 106 Å². The molecule has 1 unspecified atom stereocenters. The molecule has 0 N–H and O–H groups in total. The largest absolute Gasteiger partial charge is 1.00 e. The Balaban J connectivity index is 0.00000321. The van der Waals surface area contributed by atoms with Gasteiger partial charge in [0.1, 0.15) is 0 Å². The van der Waals surface area contributed by atoms with Crippen LogP contribution in [-0.4, -0.2) is 3.21 Å². The Morgan fingerprint density at radius 3 is 1.45 bits per heavy atom. The fraction of sp³-hybridized carbons (Fsp3) is 0.281. The van der Waals surface area contributed by atoms with Crippen LogP contribution in [0.2, 0.25) is 10.0 Å². The van der Waals surface area contributed by atoms with Gasteiger partial charge < -0.3 is 24.8 Å². The third-order valence-corrected chi connectivity index (χ3v) is 21.8. The predicted octanol–water partition coefficient (Wildman–Crippen LogP) is 10.8. The molecular weight excluding hydrogens is 918 g/mol. The second-order valence-electron chi connectivity index (χ2n) is 18.6. The summed E-state index contributed by atoms with van der Waals surface area (Å²) < 4.78 is 3.34. The van der Waals surface area contributed by atoms with Gasteiger partial charge in [0.05, 0.1) is 0 Å². The number of aryl methyl sites for hydroxylation is 6. The number of hydrogen-bond acceptors (Lipinski definition) is 0. The van der Waals surface area contributed by atoms with Gasteiger partial charge in [0.15, 0.2) is 0 Å². The minimum atomic E-state index is -3.27. The topological polar surface area (TPSA) is 0 Å². The summed E-state index contributed by atoms with van der Waals surface area (Å²) in [5.41, 5.74) is 22.8. The molecule has 0 bridgehead atoms. The summed E-state index contributed by atoms with van der Waals surface area (Å²) in [6.45, 7) is 23.0. The van der Waals surface area contributed by atoms with Crippen LogP contribution in [0.5, 0.6) is 0 Å². The second kappa shape index (κ2) is 19.4. The molecule has 0 fully saturated rings. The molecule has 8 rings (SSSR count). The Morgan fingerprint density at radius 2 is 1.05 bits per heavy atom. The third-order valence-electron chi connectivity index (χ3n) is 12.9. The first-order valence-corrected chi connectivity index (χ1v) is 26.4. The first-order chi connectivity index (χ1) is 28.6. The number of halogens is 4. The van der Waals surface area contributed by atoms with Crippen molar-refractivity contribution in [2.75, 3.05) is 0 Å². The van der Waals surface area contributed by atoms with Gasteiger partial charge >= 0.3 is 380 Å². The van der Waals surface area contributed by atoms with Gasteiger partial charge in [-0.1, -0.05) is 0 Å². The molecule has 0 amide bonds. The van der Waals surface area contributed by atoms with Crippen LogP contribution in [0.15, 0.2) is 130 Å². The van der Waals surface area contributed by atoms with Crippen molar-refractivity contribution >= 4 is 26.4 Å². The van der Waals surface area contributed by atoms with Crippen LogP contribution >= 0.6 is 23.2 Å². The van der Waals surface area contributed by atoms with Crippen molar-refractivity contribution in [3.63, 3.8) is 0 Å². The van der Waals surface area contributed by atoms with Crippen molar-refractivity contribution < 1.29 is 46.1 Å². The van der Waals surface area contributed by atoms with Crippen molar-refractivity contribution in [3.8, 4) is 33.4 Å². The van der Waals surface area contributed by atoms with Gasteiger partial charge in [0, 0.05) is 0 Å². The molecule has 0 aromatic heterocycles. The molecule has 6 aromatic rings. The fourth-order valence-corrected chi connectivity index (χ4v) is 20.3. The normalized spacial score (nSPS) is 14.2. The first kappa shape index (κ1) is 48.2. The van der Waals surface area contributed by atoms with E-state index in [1.807, 2.05) is 12.1 Å². The minimum absolute atomic E-state index is 0. The zero-order valence-electron chi connectivity index (χ0n) is 37.8. The Hall–Kier alpha value is -3.29. The zero-order valence-corrected chi connectivity index (χ0v) is 43.3. The van der Waals surface area contributed by atoms with Crippen LogP contribution in [0.4, 0.5) is 0 Å². The standard InChI is InChI=1S/C31H29.C13H8Cl2.C13H21.2ClH.Zr/c1-18-11-20(3)30(21(4)12-18)24-7-9-28-26(15-24)17-27-16-25(8-10-29(27)28)31-22(5)13-19(2)14-23(31)6;14-12-5-1-3-10(8-12)7-11-4-2-6-13(15)9-11;1-5-6-7-11-8-9-12(10-11)13(2,3)4;;;/h7-17H,1-6H3;1-6,8-9H;9-11H,5-7H2,1-4H3;2*1H;/q;;;;;+2/p-2. The number of allylic oxidation sites excluding steroid dienone is 4. The molecule has 2 aliphatic rings. The molecule has 2 aliphatic carbocycles. The first-order valence-electron chi connectivity index (χ1n) is 21.8. The van der Waals surface area contributed by atoms with Crippen LogP contribution in [0.3, 0.4) is 0 Å². The molecule has 0 spiro atoms. The van der Waals surface area contributed by atoms with Gasteiger partial charge in [-0.25, -0.2) is 0 Å². The number of fused-ring (bicyclic) bond motifs is 3. The molecule has 1 atom stereocenters. The quantitative estimate of drug-likeness (QED) is 0.135. The number of unbranched alkanes of at least 4 members (excludes halogenated alkanes) is 1. The maximum Gasteiger partial charge on any atom is -1.00 e. The third kappa shape index (κ3) is 9.42. The van der Waals surface area contributed by atoms with E-state index in [-0.39, 0.29) is 33.9 Å². The molecule has 0 saturated heterocycles. The summed E-state index contributed by atoms with van der Waals surface area (Å²) in [6, 6.07) is 41.6. The van der Waals surface area contributed by atoms with Crippen molar-refractivity contribution in [3.05, 3.63) is 196 Å². The Bertz CT molecular complexity index is 2580. The summed E-state index contributed by atoms with van der Waals surface area (Å²) in [4.78, 5) is 0. The van der Waals surface area contributed by atoms with E-state index in [2.05, 4.69) is 178 Å². The van der Waals surface area contributed by atoms with E-state index >= 15 is 0 Å². The average molecular weight is 976 g/mol. The SMILES string of the molecule is CCCCC1C=C(C(C)(C)C)C=[C]1[Zr+2](=[C](c1cccc(Cl)c1)c1cccc(Cl)c1)[CH]1c2cc(-c3c(C)cc(C)cc3C)ccc2-c2ccc(-c3c(C)cc(C)cc3C)cc21.[Cl-].[Cl-]. The van der Waals surface area contributed by atoms with Gasteiger partial charge in [-0.2, -0.15) is 0 Å². The fourth-order valence-electron chi connectivity index (χ4n) is 10.4. The summed E-state index contributed by atoms with van der Waals surface area (Å²) in [5, 5.41) is 1.53. The molecule has 0 radical (unpaired) electrons. The van der Waals surface area contributed by atoms with E-state index < -0.39 is 21.3 Å². The molecule has 62 heavy (non-hydrogen) atoms. The molecule has 6 aromatic carbocycles. The van der Waals surface area contributed by atoms with E-state index in [1.54, 1.807) is 3.28 Å². The van der Waals surface area contributed by atoms with Crippen molar-refractivity contribution in [1.29, 1.82) is 0 Å². The summed E-state index contributed by atoms with van der Waals surface area (Å²) in [5.74, 6) is 0.379. The van der Waals surface area contributed by atoms with E-state index in [0.29, 0.717) is 5.92 Å². The summed E-state index contributed by atoms with van der Waals surface area (Å²) >= 11 is 10.7. The van der Waals surface area contributed by atoms with Gasteiger partial charge in [-0.3, -0.25) is 0 Å². The van der Waals surface area contributed by atoms with Crippen LogP contribution in [-0.2, 0) is 21.3 Å². The Kier molecular flexibility index (Phi) is 15.1.